The zero-order chi connectivity index (χ0) is 18.5. The predicted molar refractivity (Wildman–Crippen MR) is 97.2 cm³/mol. The topological polar surface area (TPSA) is 118 Å². The number of anilines is 1. The van der Waals surface area contributed by atoms with Crippen molar-refractivity contribution in [3.63, 3.8) is 0 Å². The molecule has 0 aliphatic carbocycles. The number of thiazole rings is 1. The van der Waals surface area contributed by atoms with Crippen molar-refractivity contribution in [1.29, 1.82) is 0 Å². The maximum absolute atomic E-state index is 11.0. The van der Waals surface area contributed by atoms with Crippen molar-refractivity contribution in [3.05, 3.63) is 59.0 Å². The molecule has 0 atom stereocenters. The Morgan fingerprint density at radius 3 is 2.69 bits per heavy atom. The number of carbonyl (C=O) groups excluding carboxylic acids is 1. The number of hydrogen-bond donors (Lipinski definition) is 3. The first-order chi connectivity index (χ1) is 12.5. The number of hydrazone groups is 1. The number of nitrogens with one attached hydrogen (secondary N) is 1. The Labute approximate surface area is 152 Å². The summed E-state index contributed by atoms with van der Waals surface area (Å²) in [6, 6.07) is 13.4. The molecule has 1 aromatic heterocycles. The van der Waals surface area contributed by atoms with E-state index in [0.717, 1.165) is 5.56 Å². The second kappa shape index (κ2) is 7.66. The molecule has 0 amide bonds. The fourth-order valence-electron chi connectivity index (χ4n) is 2.27. The molecule has 0 saturated carbocycles. The van der Waals surface area contributed by atoms with Crippen LogP contribution in [0.15, 0.2) is 53.6 Å². The molecule has 132 valence electrons. The maximum atomic E-state index is 11.0. The predicted octanol–water partition coefficient (Wildman–Crippen LogP) is 1.96. The van der Waals surface area contributed by atoms with Crippen LogP contribution in [0, 0.1) is 0 Å². The first kappa shape index (κ1) is 17.4. The Hall–Kier alpha value is -3.39. The van der Waals surface area contributed by atoms with Crippen LogP contribution in [0.25, 0.3) is 11.3 Å². The minimum atomic E-state index is -1.19. The molecular formula is C18H14N3O4S-. The Balaban J connectivity index is 1.83. The van der Waals surface area contributed by atoms with Gasteiger partial charge in [-0.15, -0.1) is 0 Å². The first-order valence-electron chi connectivity index (χ1n) is 7.59. The van der Waals surface area contributed by atoms with Gasteiger partial charge in [-0.1, -0.05) is 41.7 Å². The molecule has 0 aliphatic heterocycles. The monoisotopic (exact) mass is 368 g/mol. The van der Waals surface area contributed by atoms with Gasteiger partial charge in [0.25, 0.3) is 0 Å². The summed E-state index contributed by atoms with van der Waals surface area (Å²) in [5, 5.41) is 34.4. The standard InChI is InChI=1S/C18H15N3O4S/c22-13-7-6-12(14(23)8-13)10-19-21-18-20-17(11-4-2-1-3-5-11)15(26-18)9-16(24)25/h1-8,10,22-23H,9H2,(H,20,21)(H,24,25)/p-1/b19-10+. The van der Waals surface area contributed by atoms with Crippen molar-refractivity contribution in [2.24, 2.45) is 5.10 Å². The minimum Gasteiger partial charge on any atom is -0.550 e. The van der Waals surface area contributed by atoms with Crippen LogP contribution >= 0.6 is 11.3 Å². The van der Waals surface area contributed by atoms with Gasteiger partial charge in [-0.3, -0.25) is 5.43 Å². The van der Waals surface area contributed by atoms with E-state index in [1.165, 1.54) is 35.8 Å². The number of benzene rings is 2. The lowest BCUT2D eigenvalue weighted by atomic mass is 10.1. The van der Waals surface area contributed by atoms with E-state index in [4.69, 9.17) is 0 Å². The number of aromatic nitrogens is 1. The Kier molecular flexibility index (Phi) is 5.14. The normalized spacial score (nSPS) is 10.9. The van der Waals surface area contributed by atoms with Crippen LogP contribution in [0.5, 0.6) is 11.5 Å². The molecule has 0 aliphatic rings. The fourth-order valence-corrected chi connectivity index (χ4v) is 3.19. The van der Waals surface area contributed by atoms with Gasteiger partial charge in [0, 0.05) is 34.5 Å². The minimum absolute atomic E-state index is 0.0491. The van der Waals surface area contributed by atoms with E-state index in [9.17, 15) is 20.1 Å². The third-order valence-electron chi connectivity index (χ3n) is 3.43. The highest BCUT2D eigenvalue weighted by Gasteiger charge is 2.13. The van der Waals surface area contributed by atoms with E-state index < -0.39 is 5.97 Å². The summed E-state index contributed by atoms with van der Waals surface area (Å²) in [7, 11) is 0. The van der Waals surface area contributed by atoms with Gasteiger partial charge < -0.3 is 20.1 Å². The van der Waals surface area contributed by atoms with Gasteiger partial charge >= 0.3 is 0 Å². The Morgan fingerprint density at radius 1 is 1.23 bits per heavy atom. The van der Waals surface area contributed by atoms with E-state index in [1.807, 2.05) is 30.3 Å². The average Bonchev–Trinajstić information content (AvgIpc) is 2.99. The second-order valence-electron chi connectivity index (χ2n) is 5.32. The molecule has 3 N–H and O–H groups in total. The van der Waals surface area contributed by atoms with Crippen molar-refractivity contribution in [2.75, 3.05) is 5.43 Å². The van der Waals surface area contributed by atoms with Gasteiger partial charge in [-0.25, -0.2) is 4.98 Å². The number of carboxylic acids is 1. The van der Waals surface area contributed by atoms with Crippen LogP contribution in [0.4, 0.5) is 5.13 Å². The van der Waals surface area contributed by atoms with Crippen LogP contribution in [-0.2, 0) is 11.2 Å². The number of carbonyl (C=O) groups is 1. The molecule has 1 heterocycles. The third kappa shape index (κ3) is 4.17. The highest BCUT2D eigenvalue weighted by molar-refractivity contribution is 7.16. The quantitative estimate of drug-likeness (QED) is 0.452. The lowest BCUT2D eigenvalue weighted by Crippen LogP contribution is -2.24. The highest BCUT2D eigenvalue weighted by atomic mass is 32.1. The van der Waals surface area contributed by atoms with E-state index >= 15 is 0 Å². The van der Waals surface area contributed by atoms with E-state index in [0.29, 0.717) is 21.3 Å². The van der Waals surface area contributed by atoms with Crippen LogP contribution in [0.1, 0.15) is 10.4 Å². The molecule has 0 radical (unpaired) electrons. The number of aliphatic carboxylic acids is 1. The molecule has 7 nitrogen and oxygen atoms in total. The lowest BCUT2D eigenvalue weighted by Gasteiger charge is -2.02. The number of phenolic OH excluding ortho intramolecular Hbond substituents is 2. The van der Waals surface area contributed by atoms with Crippen molar-refractivity contribution in [3.8, 4) is 22.8 Å². The van der Waals surface area contributed by atoms with Gasteiger partial charge in [0.1, 0.15) is 11.5 Å². The lowest BCUT2D eigenvalue weighted by molar-refractivity contribution is -0.304. The fraction of sp³-hybridized carbons (Fsp3) is 0.0556. The summed E-state index contributed by atoms with van der Waals surface area (Å²) in [5.74, 6) is -1.35. The van der Waals surface area contributed by atoms with Gasteiger partial charge in [-0.05, 0) is 12.1 Å². The SMILES string of the molecule is O=C([O-])Cc1sc(N/N=C/c2ccc(O)cc2O)nc1-c1ccccc1. The summed E-state index contributed by atoms with van der Waals surface area (Å²) >= 11 is 1.17. The number of hydrogen-bond acceptors (Lipinski definition) is 8. The molecule has 8 heteroatoms. The van der Waals surface area contributed by atoms with Gasteiger partial charge in [0.15, 0.2) is 0 Å². The number of nitrogens with zero attached hydrogens (tertiary/aromatic N) is 2. The maximum Gasteiger partial charge on any atom is 0.204 e. The molecule has 0 bridgehead atoms. The molecular weight excluding hydrogens is 354 g/mol. The number of aromatic hydroxyl groups is 2. The summed E-state index contributed by atoms with van der Waals surface area (Å²) < 4.78 is 0. The summed E-state index contributed by atoms with van der Waals surface area (Å²) in [5.41, 5.74) is 4.50. The molecule has 2 aromatic carbocycles. The van der Waals surface area contributed by atoms with Crippen molar-refractivity contribution >= 4 is 28.7 Å². The van der Waals surface area contributed by atoms with E-state index in [-0.39, 0.29) is 17.9 Å². The largest absolute Gasteiger partial charge is 0.550 e. The van der Waals surface area contributed by atoms with Crippen molar-refractivity contribution < 1.29 is 20.1 Å². The Morgan fingerprint density at radius 2 is 2.00 bits per heavy atom. The third-order valence-corrected chi connectivity index (χ3v) is 4.39. The van der Waals surface area contributed by atoms with Crippen LogP contribution in [-0.4, -0.2) is 27.4 Å². The van der Waals surface area contributed by atoms with Gasteiger partial charge in [-0.2, -0.15) is 5.10 Å². The smallest absolute Gasteiger partial charge is 0.204 e. The second-order valence-corrected chi connectivity index (χ2v) is 6.40. The first-order valence-corrected chi connectivity index (χ1v) is 8.40. The number of carboxylic acid groups (broad SMARTS) is 1. The van der Waals surface area contributed by atoms with Crippen molar-refractivity contribution in [2.45, 2.75) is 6.42 Å². The molecule has 0 unspecified atom stereocenters. The molecule has 26 heavy (non-hydrogen) atoms. The summed E-state index contributed by atoms with van der Waals surface area (Å²) in [6.45, 7) is 0. The zero-order valence-corrected chi connectivity index (χ0v) is 14.2. The summed E-state index contributed by atoms with van der Waals surface area (Å²) in [6.07, 6.45) is 1.13. The van der Waals surface area contributed by atoms with Crippen LogP contribution in [0.2, 0.25) is 0 Å². The highest BCUT2D eigenvalue weighted by Crippen LogP contribution is 2.31. The van der Waals surface area contributed by atoms with E-state index in [2.05, 4.69) is 15.5 Å². The van der Waals surface area contributed by atoms with E-state index in [1.54, 1.807) is 0 Å². The molecule has 3 aromatic rings. The number of phenols is 2. The number of rotatable bonds is 6. The summed E-state index contributed by atoms with van der Waals surface area (Å²) in [4.78, 5) is 16.0. The molecule has 3 rings (SSSR count). The molecule has 0 saturated heterocycles. The average molecular weight is 368 g/mol. The van der Waals surface area contributed by atoms with Gasteiger partial charge in [0.05, 0.1) is 11.9 Å². The van der Waals surface area contributed by atoms with Crippen molar-refractivity contribution in [1.82, 2.24) is 4.98 Å². The van der Waals surface area contributed by atoms with Crippen LogP contribution < -0.4 is 10.5 Å². The molecule has 0 spiro atoms. The molecule has 0 fully saturated rings. The van der Waals surface area contributed by atoms with Crippen LogP contribution in [0.3, 0.4) is 0 Å². The Bertz CT molecular complexity index is 954. The zero-order valence-electron chi connectivity index (χ0n) is 13.4. The van der Waals surface area contributed by atoms with Gasteiger partial charge in [0.2, 0.25) is 5.13 Å².